The largest absolute Gasteiger partial charge is 0.325 e. The van der Waals surface area contributed by atoms with Gasteiger partial charge in [-0.3, -0.25) is 9.79 Å². The average Bonchev–Trinajstić information content (AvgIpc) is 2.30. The number of nitrogens with one attached hydrogen (secondary N) is 1. The summed E-state index contributed by atoms with van der Waals surface area (Å²) in [7, 11) is 0. The van der Waals surface area contributed by atoms with Crippen molar-refractivity contribution in [3.63, 3.8) is 0 Å². The highest BCUT2D eigenvalue weighted by molar-refractivity contribution is 5.62. The van der Waals surface area contributed by atoms with Crippen LogP contribution in [0.5, 0.6) is 0 Å². The first-order valence-corrected chi connectivity index (χ1v) is 5.04. The van der Waals surface area contributed by atoms with Crippen LogP contribution in [0.15, 0.2) is 28.1 Å². The molecule has 2 heterocycles. The molecule has 0 spiro atoms. The maximum atomic E-state index is 11.4. The summed E-state index contributed by atoms with van der Waals surface area (Å²) in [5, 5.41) is 8.82. The van der Waals surface area contributed by atoms with Gasteiger partial charge in [0.15, 0.2) is 0 Å². The van der Waals surface area contributed by atoms with E-state index in [2.05, 4.69) is 9.98 Å². The Balaban J connectivity index is 2.49. The molecule has 0 radical (unpaired) electrons. The standard InChI is InChI=1S/C12H11N3O/c1-8-11(9-2-4-14-5-3-9)6-10(7-13)12(16)15-8/h2,4-6,9H,3H2,1H3,(H,15,16). The summed E-state index contributed by atoms with van der Waals surface area (Å²) >= 11 is 0. The van der Waals surface area contributed by atoms with Gasteiger partial charge in [-0.05, 0) is 25.0 Å². The second-order valence-electron chi connectivity index (χ2n) is 3.72. The molecule has 2 rings (SSSR count). The minimum absolute atomic E-state index is 0.163. The minimum atomic E-state index is -0.322. The van der Waals surface area contributed by atoms with Crippen molar-refractivity contribution in [2.24, 2.45) is 4.99 Å². The molecule has 1 aliphatic heterocycles. The van der Waals surface area contributed by atoms with Crippen LogP contribution in [-0.2, 0) is 0 Å². The van der Waals surface area contributed by atoms with Crippen LogP contribution in [-0.4, -0.2) is 11.2 Å². The van der Waals surface area contributed by atoms with Crippen molar-refractivity contribution < 1.29 is 0 Å². The second kappa shape index (κ2) is 4.15. The predicted molar refractivity (Wildman–Crippen MR) is 61.5 cm³/mol. The lowest BCUT2D eigenvalue weighted by Crippen LogP contribution is -2.15. The monoisotopic (exact) mass is 213 g/mol. The molecule has 1 aromatic rings. The lowest BCUT2D eigenvalue weighted by atomic mass is 9.93. The van der Waals surface area contributed by atoms with Crippen molar-refractivity contribution in [1.82, 2.24) is 4.98 Å². The molecule has 16 heavy (non-hydrogen) atoms. The van der Waals surface area contributed by atoms with Gasteiger partial charge < -0.3 is 4.98 Å². The fraction of sp³-hybridized carbons (Fsp3) is 0.250. The SMILES string of the molecule is Cc1[nH]c(=O)c(C#N)cc1C1C=CN=CC1. The summed E-state index contributed by atoms with van der Waals surface area (Å²) in [5.74, 6) is 0.196. The summed E-state index contributed by atoms with van der Waals surface area (Å²) in [6, 6.07) is 3.57. The highest BCUT2D eigenvalue weighted by Gasteiger charge is 2.14. The number of hydrogen-bond acceptors (Lipinski definition) is 3. The third-order valence-corrected chi connectivity index (χ3v) is 2.67. The van der Waals surface area contributed by atoms with Gasteiger partial charge in [0.25, 0.3) is 5.56 Å². The second-order valence-corrected chi connectivity index (χ2v) is 3.72. The van der Waals surface area contributed by atoms with E-state index in [1.54, 1.807) is 12.3 Å². The maximum Gasteiger partial charge on any atom is 0.266 e. The molecule has 0 saturated carbocycles. The average molecular weight is 213 g/mol. The van der Waals surface area contributed by atoms with E-state index in [0.717, 1.165) is 17.7 Å². The highest BCUT2D eigenvalue weighted by atomic mass is 16.1. The van der Waals surface area contributed by atoms with Gasteiger partial charge in [-0.15, -0.1) is 0 Å². The number of pyridine rings is 1. The number of aromatic amines is 1. The predicted octanol–water partition coefficient (Wildman–Crippen LogP) is 1.63. The fourth-order valence-corrected chi connectivity index (χ4v) is 1.81. The van der Waals surface area contributed by atoms with Crippen LogP contribution < -0.4 is 5.56 Å². The molecule has 4 heteroatoms. The molecule has 1 aromatic heterocycles. The van der Waals surface area contributed by atoms with E-state index >= 15 is 0 Å². The van der Waals surface area contributed by atoms with Gasteiger partial charge in [0.05, 0.1) is 0 Å². The van der Waals surface area contributed by atoms with Gasteiger partial charge in [-0.1, -0.05) is 6.08 Å². The Bertz CT molecular complexity index is 561. The lowest BCUT2D eigenvalue weighted by Gasteiger charge is -2.15. The molecule has 1 atom stereocenters. The number of aromatic nitrogens is 1. The quantitative estimate of drug-likeness (QED) is 0.770. The van der Waals surface area contributed by atoms with E-state index in [-0.39, 0.29) is 17.0 Å². The van der Waals surface area contributed by atoms with Gasteiger partial charge in [-0.2, -0.15) is 5.26 Å². The Morgan fingerprint density at radius 1 is 1.62 bits per heavy atom. The van der Waals surface area contributed by atoms with E-state index in [4.69, 9.17) is 5.26 Å². The first-order valence-electron chi connectivity index (χ1n) is 5.04. The molecule has 4 nitrogen and oxygen atoms in total. The van der Waals surface area contributed by atoms with Crippen LogP contribution in [0.2, 0.25) is 0 Å². The van der Waals surface area contributed by atoms with E-state index in [0.29, 0.717) is 0 Å². The summed E-state index contributed by atoms with van der Waals surface area (Å²) in [4.78, 5) is 18.1. The third kappa shape index (κ3) is 1.80. The number of aliphatic imine (C=N–C) groups is 1. The normalized spacial score (nSPS) is 18.4. The molecule has 0 bridgehead atoms. The Morgan fingerprint density at radius 2 is 2.44 bits per heavy atom. The van der Waals surface area contributed by atoms with Gasteiger partial charge >= 0.3 is 0 Å². The maximum absolute atomic E-state index is 11.4. The molecule has 1 aliphatic rings. The van der Waals surface area contributed by atoms with E-state index in [1.165, 1.54) is 0 Å². The topological polar surface area (TPSA) is 69.0 Å². The Hall–Kier alpha value is -2.15. The lowest BCUT2D eigenvalue weighted by molar-refractivity contribution is 0.857. The summed E-state index contributed by atoms with van der Waals surface area (Å²) in [6.07, 6.45) is 6.35. The summed E-state index contributed by atoms with van der Waals surface area (Å²) in [5.41, 5.74) is 1.64. The number of rotatable bonds is 1. The summed E-state index contributed by atoms with van der Waals surface area (Å²) in [6.45, 7) is 1.84. The molecular formula is C12H11N3O. The third-order valence-electron chi connectivity index (χ3n) is 2.67. The molecule has 80 valence electrons. The van der Waals surface area contributed by atoms with Gasteiger partial charge in [-0.25, -0.2) is 0 Å². The van der Waals surface area contributed by atoms with Gasteiger partial charge in [0.1, 0.15) is 11.6 Å². The van der Waals surface area contributed by atoms with Crippen LogP contribution in [0.1, 0.15) is 29.2 Å². The number of allylic oxidation sites excluding steroid dienone is 1. The van der Waals surface area contributed by atoms with Crippen LogP contribution in [0, 0.1) is 18.3 Å². The Kier molecular flexibility index (Phi) is 2.69. The zero-order chi connectivity index (χ0) is 11.5. The first kappa shape index (κ1) is 10.4. The van der Waals surface area contributed by atoms with Crippen LogP contribution >= 0.6 is 0 Å². The molecule has 0 amide bonds. The number of nitriles is 1. The fourth-order valence-electron chi connectivity index (χ4n) is 1.81. The van der Waals surface area contributed by atoms with Crippen LogP contribution in [0.3, 0.4) is 0 Å². The van der Waals surface area contributed by atoms with Crippen molar-refractivity contribution in [2.45, 2.75) is 19.3 Å². The van der Waals surface area contributed by atoms with Crippen LogP contribution in [0.4, 0.5) is 0 Å². The Labute approximate surface area is 93.0 Å². The highest BCUT2D eigenvalue weighted by Crippen LogP contribution is 2.24. The van der Waals surface area contributed by atoms with Crippen LogP contribution in [0.25, 0.3) is 0 Å². The molecular weight excluding hydrogens is 202 g/mol. The first-order chi connectivity index (χ1) is 7.72. The zero-order valence-corrected chi connectivity index (χ0v) is 8.90. The molecule has 0 saturated heterocycles. The molecule has 0 aliphatic carbocycles. The van der Waals surface area contributed by atoms with E-state index in [9.17, 15) is 4.79 Å². The van der Waals surface area contributed by atoms with Crippen molar-refractivity contribution >= 4 is 6.21 Å². The number of hydrogen-bond donors (Lipinski definition) is 1. The zero-order valence-electron chi connectivity index (χ0n) is 8.90. The van der Waals surface area contributed by atoms with E-state index < -0.39 is 0 Å². The number of aryl methyl sites for hydroxylation is 1. The summed E-state index contributed by atoms with van der Waals surface area (Å²) < 4.78 is 0. The minimum Gasteiger partial charge on any atom is -0.325 e. The van der Waals surface area contributed by atoms with Crippen molar-refractivity contribution in [1.29, 1.82) is 5.26 Å². The van der Waals surface area contributed by atoms with Crippen molar-refractivity contribution in [2.75, 3.05) is 0 Å². The Morgan fingerprint density at radius 3 is 3.06 bits per heavy atom. The van der Waals surface area contributed by atoms with E-state index in [1.807, 2.05) is 25.3 Å². The molecule has 0 fully saturated rings. The van der Waals surface area contributed by atoms with Gasteiger partial charge in [0.2, 0.25) is 0 Å². The van der Waals surface area contributed by atoms with Crippen molar-refractivity contribution in [3.05, 3.63) is 45.5 Å². The van der Waals surface area contributed by atoms with Gasteiger partial charge in [0, 0.05) is 24.0 Å². The number of nitrogens with zero attached hydrogens (tertiary/aromatic N) is 2. The molecule has 1 N–H and O–H groups in total. The van der Waals surface area contributed by atoms with Crippen molar-refractivity contribution in [3.8, 4) is 6.07 Å². The smallest absolute Gasteiger partial charge is 0.266 e. The molecule has 1 unspecified atom stereocenters. The molecule has 0 aromatic carbocycles. The number of H-pyrrole nitrogens is 1.